The molecule has 0 aromatic heterocycles. The number of hydrogen-bond acceptors (Lipinski definition) is 2. The van der Waals surface area contributed by atoms with Gasteiger partial charge >= 0.3 is 0 Å². The number of rotatable bonds is 2. The van der Waals surface area contributed by atoms with Gasteiger partial charge in [0, 0.05) is 19.5 Å². The van der Waals surface area contributed by atoms with E-state index in [0.29, 0.717) is 5.92 Å². The van der Waals surface area contributed by atoms with Crippen LogP contribution in [0.15, 0.2) is 17.3 Å². The van der Waals surface area contributed by atoms with Crippen LogP contribution in [-0.4, -0.2) is 37.9 Å². The lowest BCUT2D eigenvalue weighted by atomic mass is 9.97. The Morgan fingerprint density at radius 1 is 1.57 bits per heavy atom. The zero-order chi connectivity index (χ0) is 10.4. The molecule has 0 spiro atoms. The molecular formula is C11H21N3. The van der Waals surface area contributed by atoms with Gasteiger partial charge in [0.1, 0.15) is 5.84 Å². The van der Waals surface area contributed by atoms with E-state index < -0.39 is 0 Å². The molecule has 1 atom stereocenters. The Balaban J connectivity index is 2.51. The lowest BCUT2D eigenvalue weighted by Crippen LogP contribution is -2.40. The van der Waals surface area contributed by atoms with Gasteiger partial charge in [0.05, 0.1) is 0 Å². The third kappa shape index (κ3) is 3.14. The van der Waals surface area contributed by atoms with Crippen LogP contribution in [-0.2, 0) is 0 Å². The molecule has 1 aliphatic rings. The smallest absolute Gasteiger partial charge is 0.104 e. The standard InChI is InChI=1S/C11H21N3/c1-4-7-13-11(12-2)10-6-5-8-14(3)9-10/h4,7,10H,5-6,8-9H2,1-3H3,(H,12,13)/b7-4-. The van der Waals surface area contributed by atoms with Crippen LogP contribution in [0.4, 0.5) is 0 Å². The average Bonchev–Trinajstić information content (AvgIpc) is 2.19. The van der Waals surface area contributed by atoms with Gasteiger partial charge in [-0.2, -0.15) is 0 Å². The number of allylic oxidation sites excluding steroid dienone is 1. The van der Waals surface area contributed by atoms with Crippen molar-refractivity contribution in [2.75, 3.05) is 27.2 Å². The fourth-order valence-electron chi connectivity index (χ4n) is 1.92. The number of amidine groups is 1. The molecule has 1 fully saturated rings. The summed E-state index contributed by atoms with van der Waals surface area (Å²) in [5, 5.41) is 3.25. The summed E-state index contributed by atoms with van der Waals surface area (Å²) in [6.45, 7) is 4.35. The van der Waals surface area contributed by atoms with E-state index >= 15 is 0 Å². The van der Waals surface area contributed by atoms with Gasteiger partial charge in [0.15, 0.2) is 0 Å². The van der Waals surface area contributed by atoms with Crippen molar-refractivity contribution in [2.24, 2.45) is 10.9 Å². The quantitative estimate of drug-likeness (QED) is 0.534. The summed E-state index contributed by atoms with van der Waals surface area (Å²) in [5.74, 6) is 1.70. The molecule has 1 aliphatic heterocycles. The van der Waals surface area contributed by atoms with E-state index in [1.54, 1.807) is 0 Å². The molecule has 0 bridgehead atoms. The molecule has 1 heterocycles. The molecule has 80 valence electrons. The fourth-order valence-corrected chi connectivity index (χ4v) is 1.92. The topological polar surface area (TPSA) is 27.6 Å². The van der Waals surface area contributed by atoms with Crippen LogP contribution in [0, 0.1) is 5.92 Å². The van der Waals surface area contributed by atoms with E-state index in [1.807, 2.05) is 26.2 Å². The second-order valence-corrected chi connectivity index (χ2v) is 3.85. The first-order valence-electron chi connectivity index (χ1n) is 5.31. The molecule has 0 aromatic rings. The summed E-state index contributed by atoms with van der Waals surface area (Å²) in [6.07, 6.45) is 6.48. The Bertz CT molecular complexity index is 221. The summed E-state index contributed by atoms with van der Waals surface area (Å²) in [4.78, 5) is 6.68. The lowest BCUT2D eigenvalue weighted by molar-refractivity contribution is 0.245. The molecule has 0 radical (unpaired) electrons. The number of piperidine rings is 1. The highest BCUT2D eigenvalue weighted by Gasteiger charge is 2.20. The van der Waals surface area contributed by atoms with E-state index in [-0.39, 0.29) is 0 Å². The first kappa shape index (κ1) is 11.2. The van der Waals surface area contributed by atoms with Crippen LogP contribution >= 0.6 is 0 Å². The predicted molar refractivity (Wildman–Crippen MR) is 61.5 cm³/mol. The van der Waals surface area contributed by atoms with Crippen LogP contribution in [0.5, 0.6) is 0 Å². The van der Waals surface area contributed by atoms with Gasteiger partial charge in [-0.1, -0.05) is 6.08 Å². The summed E-state index contributed by atoms with van der Waals surface area (Å²) >= 11 is 0. The highest BCUT2D eigenvalue weighted by Crippen LogP contribution is 2.15. The summed E-state index contributed by atoms with van der Waals surface area (Å²) in [5.41, 5.74) is 0. The van der Waals surface area contributed by atoms with Crippen molar-refractivity contribution in [1.82, 2.24) is 10.2 Å². The van der Waals surface area contributed by atoms with Gasteiger partial charge in [0.2, 0.25) is 0 Å². The van der Waals surface area contributed by atoms with Crippen molar-refractivity contribution in [2.45, 2.75) is 19.8 Å². The largest absolute Gasteiger partial charge is 0.351 e. The van der Waals surface area contributed by atoms with E-state index in [4.69, 9.17) is 0 Å². The van der Waals surface area contributed by atoms with Crippen LogP contribution in [0.2, 0.25) is 0 Å². The van der Waals surface area contributed by atoms with Crippen molar-refractivity contribution in [1.29, 1.82) is 0 Å². The number of aliphatic imine (C=N–C) groups is 1. The van der Waals surface area contributed by atoms with Crippen LogP contribution in [0.25, 0.3) is 0 Å². The Hall–Kier alpha value is -0.830. The molecular weight excluding hydrogens is 174 g/mol. The van der Waals surface area contributed by atoms with E-state index in [1.165, 1.54) is 19.4 Å². The summed E-state index contributed by atoms with van der Waals surface area (Å²) in [6, 6.07) is 0. The minimum Gasteiger partial charge on any atom is -0.351 e. The maximum Gasteiger partial charge on any atom is 0.104 e. The maximum absolute atomic E-state index is 4.31. The summed E-state index contributed by atoms with van der Waals surface area (Å²) < 4.78 is 0. The molecule has 3 nitrogen and oxygen atoms in total. The lowest BCUT2D eigenvalue weighted by Gasteiger charge is -2.30. The SMILES string of the molecule is C/C=C\NC(=NC)C1CCCN(C)C1. The molecule has 1 rings (SSSR count). The second-order valence-electron chi connectivity index (χ2n) is 3.85. The van der Waals surface area contributed by atoms with Crippen LogP contribution in [0.3, 0.4) is 0 Å². The normalized spacial score (nSPS) is 25.6. The second kappa shape index (κ2) is 5.81. The Morgan fingerprint density at radius 3 is 2.93 bits per heavy atom. The Morgan fingerprint density at radius 2 is 2.36 bits per heavy atom. The van der Waals surface area contributed by atoms with Gasteiger partial charge in [0.25, 0.3) is 0 Å². The van der Waals surface area contributed by atoms with E-state index in [0.717, 1.165) is 12.4 Å². The molecule has 3 heteroatoms. The van der Waals surface area contributed by atoms with Crippen molar-refractivity contribution in [3.05, 3.63) is 12.3 Å². The average molecular weight is 195 g/mol. The molecule has 0 aliphatic carbocycles. The third-order valence-electron chi connectivity index (χ3n) is 2.65. The fraction of sp³-hybridized carbons (Fsp3) is 0.727. The number of likely N-dealkylation sites (tertiary alicyclic amines) is 1. The zero-order valence-electron chi connectivity index (χ0n) is 9.45. The Labute approximate surface area is 86.9 Å². The Kier molecular flexibility index (Phi) is 4.66. The highest BCUT2D eigenvalue weighted by atomic mass is 15.1. The minimum absolute atomic E-state index is 0.579. The summed E-state index contributed by atoms with van der Waals surface area (Å²) in [7, 11) is 4.04. The van der Waals surface area contributed by atoms with Gasteiger partial charge < -0.3 is 10.2 Å². The molecule has 1 unspecified atom stereocenters. The van der Waals surface area contributed by atoms with Gasteiger partial charge in [-0.3, -0.25) is 4.99 Å². The van der Waals surface area contributed by atoms with Crippen molar-refractivity contribution in [3.8, 4) is 0 Å². The van der Waals surface area contributed by atoms with Gasteiger partial charge in [-0.15, -0.1) is 0 Å². The highest BCUT2D eigenvalue weighted by molar-refractivity contribution is 5.85. The zero-order valence-corrected chi connectivity index (χ0v) is 9.45. The first-order chi connectivity index (χ1) is 6.77. The third-order valence-corrected chi connectivity index (χ3v) is 2.65. The van der Waals surface area contributed by atoms with Crippen molar-refractivity contribution in [3.63, 3.8) is 0 Å². The van der Waals surface area contributed by atoms with Crippen molar-refractivity contribution >= 4 is 5.84 Å². The number of nitrogens with one attached hydrogen (secondary N) is 1. The van der Waals surface area contributed by atoms with E-state index in [9.17, 15) is 0 Å². The monoisotopic (exact) mass is 195 g/mol. The molecule has 1 saturated heterocycles. The van der Waals surface area contributed by atoms with Crippen molar-refractivity contribution < 1.29 is 0 Å². The van der Waals surface area contributed by atoms with E-state index in [2.05, 4.69) is 22.3 Å². The molecule has 0 saturated carbocycles. The maximum atomic E-state index is 4.31. The molecule has 0 aromatic carbocycles. The van der Waals surface area contributed by atoms with Crippen LogP contribution in [0.1, 0.15) is 19.8 Å². The van der Waals surface area contributed by atoms with Gasteiger partial charge in [-0.25, -0.2) is 0 Å². The minimum atomic E-state index is 0.579. The molecule has 1 N–H and O–H groups in total. The first-order valence-corrected chi connectivity index (χ1v) is 5.31. The number of nitrogens with zero attached hydrogens (tertiary/aromatic N) is 2. The number of hydrogen-bond donors (Lipinski definition) is 1. The van der Waals surface area contributed by atoms with Crippen LogP contribution < -0.4 is 5.32 Å². The molecule has 14 heavy (non-hydrogen) atoms. The van der Waals surface area contributed by atoms with Gasteiger partial charge in [-0.05, 0) is 39.6 Å². The molecule has 0 amide bonds. The predicted octanol–water partition coefficient (Wildman–Crippen LogP) is 1.48.